The second kappa shape index (κ2) is 5.36. The highest BCUT2D eigenvalue weighted by molar-refractivity contribution is 4.92. The maximum absolute atomic E-state index is 2.58. The highest BCUT2D eigenvalue weighted by Crippen LogP contribution is 2.08. The van der Waals surface area contributed by atoms with Crippen molar-refractivity contribution in [3.63, 3.8) is 0 Å². The largest absolute Gasteiger partial charge is 0.303 e. The molecule has 0 bridgehead atoms. The average molecular weight is 167 g/mol. The fraction of sp³-hybridized carbons (Fsp3) is 0.818. The standard InChI is InChI=1S/C11H21N/c1-11(2)7-3-4-8-12-9-5-6-10-12/h7H,3-6,8-10H2,1-2H3. The van der Waals surface area contributed by atoms with Gasteiger partial charge in [0, 0.05) is 0 Å². The summed E-state index contributed by atoms with van der Waals surface area (Å²) in [6, 6.07) is 0. The van der Waals surface area contributed by atoms with Crippen LogP contribution in [0.1, 0.15) is 39.5 Å². The van der Waals surface area contributed by atoms with E-state index < -0.39 is 0 Å². The van der Waals surface area contributed by atoms with Crippen LogP contribution in [0.5, 0.6) is 0 Å². The van der Waals surface area contributed by atoms with Crippen molar-refractivity contribution in [3.8, 4) is 0 Å². The lowest BCUT2D eigenvalue weighted by Gasteiger charge is -2.12. The van der Waals surface area contributed by atoms with Crippen LogP contribution in [0.25, 0.3) is 0 Å². The summed E-state index contributed by atoms with van der Waals surface area (Å²) in [4.78, 5) is 2.58. The monoisotopic (exact) mass is 167 g/mol. The van der Waals surface area contributed by atoms with Crippen LogP contribution in [0, 0.1) is 0 Å². The summed E-state index contributed by atoms with van der Waals surface area (Å²) < 4.78 is 0. The van der Waals surface area contributed by atoms with Gasteiger partial charge in [-0.05, 0) is 59.2 Å². The average Bonchev–Trinajstić information content (AvgIpc) is 2.49. The molecule has 1 saturated heterocycles. The number of allylic oxidation sites excluding steroid dienone is 2. The third kappa shape index (κ3) is 3.91. The van der Waals surface area contributed by atoms with Crippen molar-refractivity contribution >= 4 is 0 Å². The molecule has 0 aliphatic carbocycles. The molecule has 1 heterocycles. The van der Waals surface area contributed by atoms with Gasteiger partial charge < -0.3 is 4.90 Å². The van der Waals surface area contributed by atoms with Gasteiger partial charge in [-0.1, -0.05) is 11.6 Å². The van der Waals surface area contributed by atoms with Gasteiger partial charge in [-0.15, -0.1) is 0 Å². The first-order valence-electron chi connectivity index (χ1n) is 5.15. The van der Waals surface area contributed by atoms with E-state index in [0.717, 1.165) is 0 Å². The van der Waals surface area contributed by atoms with Gasteiger partial charge in [-0.25, -0.2) is 0 Å². The molecule has 1 fully saturated rings. The van der Waals surface area contributed by atoms with Crippen molar-refractivity contribution in [2.75, 3.05) is 19.6 Å². The van der Waals surface area contributed by atoms with Gasteiger partial charge in [0.1, 0.15) is 0 Å². The Bertz CT molecular complexity index is 139. The summed E-state index contributed by atoms with van der Waals surface area (Å²) in [5, 5.41) is 0. The van der Waals surface area contributed by atoms with Crippen LogP contribution in [0.15, 0.2) is 11.6 Å². The van der Waals surface area contributed by atoms with E-state index in [-0.39, 0.29) is 0 Å². The minimum atomic E-state index is 1.26. The van der Waals surface area contributed by atoms with E-state index >= 15 is 0 Å². The highest BCUT2D eigenvalue weighted by atomic mass is 15.1. The second-order valence-electron chi connectivity index (χ2n) is 3.97. The Morgan fingerprint density at radius 2 is 1.92 bits per heavy atom. The summed E-state index contributed by atoms with van der Waals surface area (Å²) in [5.74, 6) is 0. The molecule has 1 nitrogen and oxygen atoms in total. The fourth-order valence-electron chi connectivity index (χ4n) is 1.71. The molecule has 0 amide bonds. The molecule has 0 unspecified atom stereocenters. The van der Waals surface area contributed by atoms with Crippen LogP contribution in [0.3, 0.4) is 0 Å². The molecule has 0 aromatic rings. The molecule has 0 aromatic heterocycles. The summed E-state index contributed by atoms with van der Waals surface area (Å²) in [7, 11) is 0. The van der Waals surface area contributed by atoms with Gasteiger partial charge in [-0.3, -0.25) is 0 Å². The Morgan fingerprint density at radius 1 is 1.25 bits per heavy atom. The molecule has 0 spiro atoms. The van der Waals surface area contributed by atoms with E-state index in [9.17, 15) is 0 Å². The Hall–Kier alpha value is -0.300. The molecule has 0 saturated carbocycles. The van der Waals surface area contributed by atoms with Crippen molar-refractivity contribution in [2.24, 2.45) is 0 Å². The van der Waals surface area contributed by atoms with Crippen molar-refractivity contribution in [1.29, 1.82) is 0 Å². The van der Waals surface area contributed by atoms with Crippen molar-refractivity contribution in [3.05, 3.63) is 11.6 Å². The zero-order valence-electron chi connectivity index (χ0n) is 8.47. The van der Waals surface area contributed by atoms with Crippen molar-refractivity contribution in [1.82, 2.24) is 4.90 Å². The first-order chi connectivity index (χ1) is 5.79. The quantitative estimate of drug-likeness (QED) is 0.460. The number of hydrogen-bond acceptors (Lipinski definition) is 1. The van der Waals surface area contributed by atoms with Crippen LogP contribution in [-0.2, 0) is 0 Å². The van der Waals surface area contributed by atoms with Crippen LogP contribution in [0.2, 0.25) is 0 Å². The maximum atomic E-state index is 2.58. The lowest BCUT2D eigenvalue weighted by atomic mass is 10.2. The molecular weight excluding hydrogens is 146 g/mol. The first-order valence-corrected chi connectivity index (χ1v) is 5.15. The molecule has 0 atom stereocenters. The summed E-state index contributed by atoms with van der Waals surface area (Å²) in [6.07, 6.45) is 7.78. The van der Waals surface area contributed by atoms with Crippen LogP contribution < -0.4 is 0 Å². The maximum Gasteiger partial charge on any atom is -0.00158 e. The van der Waals surface area contributed by atoms with Crippen LogP contribution in [0.4, 0.5) is 0 Å². The lowest BCUT2D eigenvalue weighted by molar-refractivity contribution is 0.335. The normalized spacial score (nSPS) is 18.2. The van der Waals surface area contributed by atoms with Crippen molar-refractivity contribution < 1.29 is 0 Å². The Kier molecular flexibility index (Phi) is 4.37. The fourth-order valence-corrected chi connectivity index (χ4v) is 1.71. The third-order valence-electron chi connectivity index (χ3n) is 2.43. The van der Waals surface area contributed by atoms with Gasteiger partial charge in [0.2, 0.25) is 0 Å². The van der Waals surface area contributed by atoms with Gasteiger partial charge in [0.05, 0.1) is 0 Å². The predicted octanol–water partition coefficient (Wildman–Crippen LogP) is 2.83. The first kappa shape index (κ1) is 9.79. The molecule has 12 heavy (non-hydrogen) atoms. The summed E-state index contributed by atoms with van der Waals surface area (Å²) in [6.45, 7) is 8.35. The van der Waals surface area contributed by atoms with Gasteiger partial charge in [0.25, 0.3) is 0 Å². The SMILES string of the molecule is CC(C)=CCCCN1CCCC1. The molecule has 70 valence electrons. The molecule has 1 heteroatoms. The molecule has 1 aliphatic rings. The predicted molar refractivity (Wildman–Crippen MR) is 54.3 cm³/mol. The zero-order valence-corrected chi connectivity index (χ0v) is 8.47. The van der Waals surface area contributed by atoms with E-state index in [1.54, 1.807) is 0 Å². The highest BCUT2D eigenvalue weighted by Gasteiger charge is 2.09. The van der Waals surface area contributed by atoms with Gasteiger partial charge in [0.15, 0.2) is 0 Å². The van der Waals surface area contributed by atoms with Crippen molar-refractivity contribution in [2.45, 2.75) is 39.5 Å². The van der Waals surface area contributed by atoms with E-state index in [1.165, 1.54) is 50.9 Å². The number of nitrogens with zero attached hydrogens (tertiary/aromatic N) is 1. The lowest BCUT2D eigenvalue weighted by Crippen LogP contribution is -2.20. The topological polar surface area (TPSA) is 3.24 Å². The van der Waals surface area contributed by atoms with E-state index in [1.807, 2.05) is 0 Å². The molecule has 1 aliphatic heterocycles. The molecule has 0 radical (unpaired) electrons. The molecule has 0 aromatic carbocycles. The van der Waals surface area contributed by atoms with E-state index in [2.05, 4.69) is 24.8 Å². The van der Waals surface area contributed by atoms with Crippen LogP contribution >= 0.6 is 0 Å². The Morgan fingerprint density at radius 3 is 2.50 bits per heavy atom. The Balaban J connectivity index is 1.98. The minimum Gasteiger partial charge on any atom is -0.303 e. The third-order valence-corrected chi connectivity index (χ3v) is 2.43. The summed E-state index contributed by atoms with van der Waals surface area (Å²) >= 11 is 0. The van der Waals surface area contributed by atoms with E-state index in [0.29, 0.717) is 0 Å². The molecule has 1 rings (SSSR count). The molecule has 0 N–H and O–H groups in total. The minimum absolute atomic E-state index is 1.26. The van der Waals surface area contributed by atoms with Crippen LogP contribution in [-0.4, -0.2) is 24.5 Å². The smallest absolute Gasteiger partial charge is 0.00158 e. The second-order valence-corrected chi connectivity index (χ2v) is 3.97. The number of unbranched alkanes of at least 4 members (excludes halogenated alkanes) is 1. The number of hydrogen-bond donors (Lipinski definition) is 0. The van der Waals surface area contributed by atoms with Gasteiger partial charge in [-0.2, -0.15) is 0 Å². The molecular formula is C11H21N. The Labute approximate surface area is 76.5 Å². The number of likely N-dealkylation sites (tertiary alicyclic amines) is 1. The van der Waals surface area contributed by atoms with E-state index in [4.69, 9.17) is 0 Å². The number of rotatable bonds is 4. The summed E-state index contributed by atoms with van der Waals surface area (Å²) in [5.41, 5.74) is 1.46. The zero-order chi connectivity index (χ0) is 8.81. The van der Waals surface area contributed by atoms with Gasteiger partial charge >= 0.3 is 0 Å².